The van der Waals surface area contributed by atoms with E-state index in [1.165, 1.54) is 11.1 Å². The van der Waals surface area contributed by atoms with Gasteiger partial charge >= 0.3 is 0 Å². The zero-order valence-corrected chi connectivity index (χ0v) is 24.3. The molecule has 6 nitrogen and oxygen atoms in total. The summed E-state index contributed by atoms with van der Waals surface area (Å²) >= 11 is 0. The average molecular weight is 517 g/mol. The lowest BCUT2D eigenvalue weighted by molar-refractivity contribution is 0.409. The SMILES string of the molecule is C=C(CNc1cccc(NCCC(CC)N/C=C(\CNC)C2C=Nc3ccccc3N2C)c1)CC(C)(C)C. The zero-order valence-electron chi connectivity index (χ0n) is 24.3. The maximum Gasteiger partial charge on any atom is 0.0884 e. The minimum atomic E-state index is 0.121. The zero-order chi connectivity index (χ0) is 27.5. The normalized spacial score (nSPS) is 16.1. The van der Waals surface area contributed by atoms with Crippen molar-refractivity contribution in [1.29, 1.82) is 0 Å². The van der Waals surface area contributed by atoms with E-state index in [-0.39, 0.29) is 11.5 Å². The molecule has 3 rings (SSSR count). The summed E-state index contributed by atoms with van der Waals surface area (Å²) < 4.78 is 0. The molecule has 1 aliphatic heterocycles. The van der Waals surface area contributed by atoms with Crippen LogP contribution in [0.3, 0.4) is 0 Å². The van der Waals surface area contributed by atoms with Crippen molar-refractivity contribution in [3.63, 3.8) is 0 Å². The van der Waals surface area contributed by atoms with Gasteiger partial charge in [0.15, 0.2) is 0 Å². The summed E-state index contributed by atoms with van der Waals surface area (Å²) in [6.45, 7) is 15.7. The van der Waals surface area contributed by atoms with Gasteiger partial charge in [0.25, 0.3) is 0 Å². The third-order valence-corrected chi connectivity index (χ3v) is 6.80. The maximum atomic E-state index is 4.72. The van der Waals surface area contributed by atoms with Crippen molar-refractivity contribution in [2.75, 3.05) is 49.3 Å². The minimum Gasteiger partial charge on any atom is -0.388 e. The Labute approximate surface area is 230 Å². The van der Waals surface area contributed by atoms with E-state index in [0.717, 1.165) is 61.6 Å². The molecule has 38 heavy (non-hydrogen) atoms. The fourth-order valence-corrected chi connectivity index (χ4v) is 4.86. The molecular formula is C32H48N6. The van der Waals surface area contributed by atoms with Gasteiger partial charge in [-0.25, -0.2) is 0 Å². The van der Waals surface area contributed by atoms with Gasteiger partial charge in [-0.1, -0.05) is 58.0 Å². The lowest BCUT2D eigenvalue weighted by atomic mass is 9.88. The third-order valence-electron chi connectivity index (χ3n) is 6.80. The highest BCUT2D eigenvalue weighted by Crippen LogP contribution is 2.33. The van der Waals surface area contributed by atoms with E-state index in [4.69, 9.17) is 4.99 Å². The summed E-state index contributed by atoms with van der Waals surface area (Å²) in [6, 6.07) is 17.3. The fraction of sp³-hybridized carbons (Fsp3) is 0.469. The largest absolute Gasteiger partial charge is 0.388 e. The average Bonchev–Trinajstić information content (AvgIpc) is 2.88. The van der Waals surface area contributed by atoms with Crippen molar-refractivity contribution in [2.45, 2.75) is 59.0 Å². The predicted molar refractivity (Wildman–Crippen MR) is 167 cm³/mol. The summed E-state index contributed by atoms with van der Waals surface area (Å²) in [4.78, 5) is 7.02. The van der Waals surface area contributed by atoms with Crippen molar-refractivity contribution < 1.29 is 0 Å². The Morgan fingerprint density at radius 2 is 1.82 bits per heavy atom. The monoisotopic (exact) mass is 516 g/mol. The van der Waals surface area contributed by atoms with Crippen LogP contribution in [0.2, 0.25) is 0 Å². The summed E-state index contributed by atoms with van der Waals surface area (Å²) in [6.07, 6.45) is 7.35. The quantitative estimate of drug-likeness (QED) is 0.214. The number of para-hydroxylation sites is 2. The van der Waals surface area contributed by atoms with Gasteiger partial charge in [0.2, 0.25) is 0 Å². The van der Waals surface area contributed by atoms with E-state index in [9.17, 15) is 0 Å². The Hall–Kier alpha value is -3.25. The second-order valence-electron chi connectivity index (χ2n) is 11.5. The molecule has 2 atom stereocenters. The van der Waals surface area contributed by atoms with Crippen molar-refractivity contribution >= 4 is 29.0 Å². The number of hydrogen-bond donors (Lipinski definition) is 4. The van der Waals surface area contributed by atoms with Crippen LogP contribution < -0.4 is 26.2 Å². The molecule has 0 radical (unpaired) electrons. The number of benzene rings is 2. The molecule has 206 valence electrons. The number of rotatable bonds is 14. The Morgan fingerprint density at radius 1 is 1.08 bits per heavy atom. The maximum absolute atomic E-state index is 4.72. The lowest BCUT2D eigenvalue weighted by Gasteiger charge is -2.33. The van der Waals surface area contributed by atoms with E-state index < -0.39 is 0 Å². The summed E-state index contributed by atoms with van der Waals surface area (Å²) in [5.41, 5.74) is 7.20. The summed E-state index contributed by atoms with van der Waals surface area (Å²) in [7, 11) is 4.13. The third kappa shape index (κ3) is 8.95. The minimum absolute atomic E-state index is 0.121. The molecular weight excluding hydrogens is 468 g/mol. The van der Waals surface area contributed by atoms with Gasteiger partial charge in [-0.3, -0.25) is 4.99 Å². The van der Waals surface area contributed by atoms with E-state index in [2.05, 4.69) is 122 Å². The fourth-order valence-electron chi connectivity index (χ4n) is 4.86. The van der Waals surface area contributed by atoms with Crippen LogP contribution in [0.4, 0.5) is 22.7 Å². The van der Waals surface area contributed by atoms with Crippen LogP contribution in [0.25, 0.3) is 0 Å². The van der Waals surface area contributed by atoms with Gasteiger partial charge in [0.05, 0.1) is 17.4 Å². The Balaban J connectivity index is 1.52. The summed E-state index contributed by atoms with van der Waals surface area (Å²) in [5.74, 6) is 0. The van der Waals surface area contributed by atoms with Gasteiger partial charge < -0.3 is 26.2 Å². The van der Waals surface area contributed by atoms with Crippen molar-refractivity contribution in [2.24, 2.45) is 10.4 Å². The van der Waals surface area contributed by atoms with Crippen LogP contribution in [-0.2, 0) is 0 Å². The Kier molecular flexibility index (Phi) is 10.8. The summed E-state index contributed by atoms with van der Waals surface area (Å²) in [5, 5.41) is 14.2. The molecule has 1 aliphatic rings. The first-order valence-electron chi connectivity index (χ1n) is 13.9. The second-order valence-corrected chi connectivity index (χ2v) is 11.5. The topological polar surface area (TPSA) is 63.7 Å². The molecule has 0 fully saturated rings. The Morgan fingerprint density at radius 3 is 2.53 bits per heavy atom. The molecule has 0 amide bonds. The molecule has 6 heteroatoms. The van der Waals surface area contributed by atoms with E-state index >= 15 is 0 Å². The highest BCUT2D eigenvalue weighted by molar-refractivity contribution is 5.86. The van der Waals surface area contributed by atoms with Crippen LogP contribution in [0.5, 0.6) is 0 Å². The van der Waals surface area contributed by atoms with Gasteiger partial charge in [0, 0.05) is 50.3 Å². The number of hydrogen-bond acceptors (Lipinski definition) is 6. The first kappa shape index (κ1) is 29.3. The smallest absolute Gasteiger partial charge is 0.0884 e. The molecule has 0 bridgehead atoms. The van der Waals surface area contributed by atoms with Crippen LogP contribution in [0.1, 0.15) is 47.0 Å². The van der Waals surface area contributed by atoms with Crippen LogP contribution >= 0.6 is 0 Å². The highest BCUT2D eigenvalue weighted by Gasteiger charge is 2.23. The first-order chi connectivity index (χ1) is 18.2. The van der Waals surface area contributed by atoms with E-state index in [1.54, 1.807) is 0 Å². The molecule has 0 saturated heterocycles. The van der Waals surface area contributed by atoms with Crippen molar-refractivity contribution in [1.82, 2.24) is 10.6 Å². The molecule has 0 saturated carbocycles. The van der Waals surface area contributed by atoms with Gasteiger partial charge in [-0.05, 0) is 73.8 Å². The number of nitrogens with zero attached hydrogens (tertiary/aromatic N) is 2. The molecule has 0 aliphatic carbocycles. The molecule has 0 spiro atoms. The van der Waals surface area contributed by atoms with Crippen LogP contribution in [0, 0.1) is 5.41 Å². The lowest BCUT2D eigenvalue weighted by Crippen LogP contribution is -2.40. The molecule has 1 heterocycles. The number of likely N-dealkylation sites (N-methyl/N-ethyl adjacent to an activating group) is 2. The molecule has 0 aromatic heterocycles. The van der Waals surface area contributed by atoms with E-state index in [0.29, 0.717) is 6.04 Å². The number of fused-ring (bicyclic) bond motifs is 1. The van der Waals surface area contributed by atoms with E-state index in [1.807, 2.05) is 13.1 Å². The highest BCUT2D eigenvalue weighted by atomic mass is 15.2. The Bertz CT molecular complexity index is 1100. The first-order valence-corrected chi connectivity index (χ1v) is 13.9. The van der Waals surface area contributed by atoms with Gasteiger partial charge in [-0.15, -0.1) is 0 Å². The van der Waals surface area contributed by atoms with Crippen molar-refractivity contribution in [3.8, 4) is 0 Å². The van der Waals surface area contributed by atoms with Crippen molar-refractivity contribution in [3.05, 3.63) is 72.5 Å². The van der Waals surface area contributed by atoms with Gasteiger partial charge in [0.1, 0.15) is 0 Å². The number of nitrogens with one attached hydrogen (secondary N) is 4. The number of aliphatic imine (C=N–C) groups is 1. The molecule has 2 unspecified atom stereocenters. The standard InChI is InChI=1S/C32H48N6/c1-8-26(16-17-34-27-12-11-13-28(18-27)35-20-24(2)19-32(3,4)5)36-22-25(21-33-6)31-23-37-29-14-9-10-15-30(29)38(31)7/h9-15,18,22-23,26,31,33-36H,2,8,16-17,19-21H2,1,3-7H3/b25-22+. The molecule has 2 aromatic rings. The van der Waals surface area contributed by atoms with Crippen LogP contribution in [0.15, 0.2) is 77.4 Å². The predicted octanol–water partition coefficient (Wildman–Crippen LogP) is 6.59. The van der Waals surface area contributed by atoms with Crippen LogP contribution in [-0.4, -0.2) is 52.0 Å². The second kappa shape index (κ2) is 14.1. The van der Waals surface area contributed by atoms with Gasteiger partial charge in [-0.2, -0.15) is 0 Å². The molecule has 4 N–H and O–H groups in total. The molecule has 2 aromatic carbocycles. The number of anilines is 3.